The Kier molecular flexibility index (Phi) is 5.26. The van der Waals surface area contributed by atoms with Crippen LogP contribution in [0.15, 0.2) is 59.3 Å². The molecule has 0 aliphatic heterocycles. The van der Waals surface area contributed by atoms with Crippen molar-refractivity contribution in [2.75, 3.05) is 0 Å². The Labute approximate surface area is 176 Å². The van der Waals surface area contributed by atoms with Crippen molar-refractivity contribution in [1.29, 1.82) is 0 Å². The van der Waals surface area contributed by atoms with Crippen LogP contribution in [0.1, 0.15) is 21.5 Å². The third kappa shape index (κ3) is 3.84. The van der Waals surface area contributed by atoms with Gasteiger partial charge in [0.15, 0.2) is 0 Å². The van der Waals surface area contributed by atoms with E-state index in [4.69, 9.17) is 16.3 Å². The number of benzene rings is 3. The summed E-state index contributed by atoms with van der Waals surface area (Å²) in [6.07, 6.45) is 0. The van der Waals surface area contributed by atoms with Gasteiger partial charge in [0.25, 0.3) is 0 Å². The van der Waals surface area contributed by atoms with E-state index in [0.29, 0.717) is 21.9 Å². The van der Waals surface area contributed by atoms with Crippen LogP contribution in [0.2, 0.25) is 5.02 Å². The van der Waals surface area contributed by atoms with Crippen LogP contribution < -0.4 is 4.74 Å². The Balaban J connectivity index is 1.73. The van der Waals surface area contributed by atoms with Gasteiger partial charge in [-0.05, 0) is 81.5 Å². The van der Waals surface area contributed by atoms with Gasteiger partial charge < -0.3 is 9.84 Å². The van der Waals surface area contributed by atoms with Crippen molar-refractivity contribution in [1.82, 2.24) is 0 Å². The normalized spacial score (nSPS) is 11.0. The van der Waals surface area contributed by atoms with Gasteiger partial charge in [0.05, 0.1) is 10.6 Å². The van der Waals surface area contributed by atoms with Crippen LogP contribution >= 0.6 is 22.9 Å². The van der Waals surface area contributed by atoms with E-state index in [1.165, 1.54) is 0 Å². The number of ether oxygens (including phenoxy) is 1. The third-order valence-electron chi connectivity index (χ3n) is 4.77. The molecule has 0 aliphatic carbocycles. The molecule has 0 radical (unpaired) electrons. The number of aryl methyl sites for hydroxylation is 1. The first-order chi connectivity index (χ1) is 13.9. The molecule has 4 aromatic rings. The second-order valence-corrected chi connectivity index (χ2v) is 7.86. The van der Waals surface area contributed by atoms with Crippen LogP contribution in [0.5, 0.6) is 5.75 Å². The molecule has 0 amide bonds. The molecule has 0 aliphatic rings. The lowest BCUT2D eigenvalue weighted by molar-refractivity contribution is 0.0697. The zero-order chi connectivity index (χ0) is 20.5. The molecule has 3 aromatic carbocycles. The fourth-order valence-corrected chi connectivity index (χ4v) is 4.08. The minimum Gasteiger partial charge on any atom is -0.489 e. The van der Waals surface area contributed by atoms with E-state index in [0.717, 1.165) is 21.9 Å². The standard InChI is InChI=1S/C23H16ClFO3S/c1-13-2-5-21(24)20(22(13)25)11-28-17-3-4-18-15(9-17)8-16(23(26)27)10-19(18)14-6-7-29-12-14/h2-10,12H,11H2,1H3,(H,26,27). The summed E-state index contributed by atoms with van der Waals surface area (Å²) >= 11 is 7.66. The number of thiophene rings is 1. The quantitative estimate of drug-likeness (QED) is 0.375. The fourth-order valence-electron chi connectivity index (χ4n) is 3.22. The topological polar surface area (TPSA) is 46.5 Å². The van der Waals surface area contributed by atoms with E-state index in [-0.39, 0.29) is 18.0 Å². The summed E-state index contributed by atoms with van der Waals surface area (Å²) in [5, 5.41) is 15.4. The van der Waals surface area contributed by atoms with Gasteiger partial charge in [0.2, 0.25) is 0 Å². The Hall–Kier alpha value is -2.89. The lowest BCUT2D eigenvalue weighted by atomic mass is 9.97. The van der Waals surface area contributed by atoms with E-state index in [2.05, 4.69) is 0 Å². The number of hydrogen-bond donors (Lipinski definition) is 1. The highest BCUT2D eigenvalue weighted by Crippen LogP contribution is 2.34. The highest BCUT2D eigenvalue weighted by atomic mass is 35.5. The molecule has 0 atom stereocenters. The number of carbonyl (C=O) groups is 1. The number of carboxylic acid groups (broad SMARTS) is 1. The van der Waals surface area contributed by atoms with Crippen LogP contribution in [0.4, 0.5) is 4.39 Å². The minimum absolute atomic E-state index is 0.0200. The predicted molar refractivity (Wildman–Crippen MR) is 115 cm³/mol. The summed E-state index contributed by atoms with van der Waals surface area (Å²) in [6, 6.07) is 14.0. The zero-order valence-electron chi connectivity index (χ0n) is 15.4. The van der Waals surface area contributed by atoms with E-state index in [1.807, 2.05) is 22.9 Å². The molecule has 29 heavy (non-hydrogen) atoms. The largest absolute Gasteiger partial charge is 0.489 e. The predicted octanol–water partition coefficient (Wildman–Crippen LogP) is 6.95. The van der Waals surface area contributed by atoms with Gasteiger partial charge in [-0.25, -0.2) is 9.18 Å². The molecule has 1 N–H and O–H groups in total. The summed E-state index contributed by atoms with van der Waals surface area (Å²) in [5.74, 6) is -0.872. The summed E-state index contributed by atoms with van der Waals surface area (Å²) < 4.78 is 20.1. The number of aromatic carboxylic acids is 1. The Morgan fingerprint density at radius 3 is 2.72 bits per heavy atom. The van der Waals surface area contributed by atoms with Crippen molar-refractivity contribution < 1.29 is 19.0 Å². The van der Waals surface area contributed by atoms with E-state index >= 15 is 0 Å². The molecule has 3 nitrogen and oxygen atoms in total. The number of hydrogen-bond acceptors (Lipinski definition) is 3. The smallest absolute Gasteiger partial charge is 0.335 e. The zero-order valence-corrected chi connectivity index (χ0v) is 17.0. The first-order valence-electron chi connectivity index (χ1n) is 8.84. The van der Waals surface area contributed by atoms with Crippen molar-refractivity contribution in [2.45, 2.75) is 13.5 Å². The van der Waals surface area contributed by atoms with Crippen molar-refractivity contribution >= 4 is 39.7 Å². The molecule has 6 heteroatoms. The molecular formula is C23H16ClFO3S. The number of carboxylic acids is 1. The number of fused-ring (bicyclic) bond motifs is 1. The van der Waals surface area contributed by atoms with Crippen molar-refractivity contribution in [3.63, 3.8) is 0 Å². The summed E-state index contributed by atoms with van der Waals surface area (Å²) in [4.78, 5) is 11.6. The maximum atomic E-state index is 14.3. The minimum atomic E-state index is -0.997. The Bertz CT molecular complexity index is 1220. The van der Waals surface area contributed by atoms with Gasteiger partial charge in [-0.2, -0.15) is 11.3 Å². The Morgan fingerprint density at radius 2 is 2.00 bits per heavy atom. The summed E-state index contributed by atoms with van der Waals surface area (Å²) in [5.41, 5.74) is 2.80. The molecule has 1 heterocycles. The van der Waals surface area contributed by atoms with Gasteiger partial charge in [-0.3, -0.25) is 0 Å². The number of halogens is 2. The second-order valence-electron chi connectivity index (χ2n) is 6.67. The van der Waals surface area contributed by atoms with Gasteiger partial charge in [-0.15, -0.1) is 0 Å². The lowest BCUT2D eigenvalue weighted by Crippen LogP contribution is -2.01. The maximum absolute atomic E-state index is 14.3. The third-order valence-corrected chi connectivity index (χ3v) is 5.80. The Morgan fingerprint density at radius 1 is 1.17 bits per heavy atom. The fraction of sp³-hybridized carbons (Fsp3) is 0.0870. The van der Waals surface area contributed by atoms with Crippen LogP contribution in [0.25, 0.3) is 21.9 Å². The SMILES string of the molecule is Cc1ccc(Cl)c(COc2ccc3c(-c4ccsc4)cc(C(=O)O)cc3c2)c1F. The average Bonchev–Trinajstić information content (AvgIpc) is 3.24. The molecule has 146 valence electrons. The molecule has 1 aromatic heterocycles. The van der Waals surface area contributed by atoms with Crippen molar-refractivity contribution in [3.05, 3.63) is 86.8 Å². The second kappa shape index (κ2) is 7.85. The molecule has 0 unspecified atom stereocenters. The van der Waals surface area contributed by atoms with Gasteiger partial charge in [0, 0.05) is 5.56 Å². The molecule has 0 fully saturated rings. The lowest BCUT2D eigenvalue weighted by Gasteiger charge is -2.12. The molecule has 0 spiro atoms. The van der Waals surface area contributed by atoms with Crippen molar-refractivity contribution in [2.24, 2.45) is 0 Å². The highest BCUT2D eigenvalue weighted by molar-refractivity contribution is 7.08. The average molecular weight is 427 g/mol. The molecule has 0 saturated carbocycles. The van der Waals surface area contributed by atoms with Crippen molar-refractivity contribution in [3.8, 4) is 16.9 Å². The maximum Gasteiger partial charge on any atom is 0.335 e. The van der Waals surface area contributed by atoms with Gasteiger partial charge >= 0.3 is 5.97 Å². The van der Waals surface area contributed by atoms with E-state index in [9.17, 15) is 14.3 Å². The summed E-state index contributed by atoms with van der Waals surface area (Å²) in [7, 11) is 0. The first kappa shape index (κ1) is 19.4. The molecule has 0 bridgehead atoms. The molecular weight excluding hydrogens is 411 g/mol. The molecule has 4 rings (SSSR count). The molecule has 0 saturated heterocycles. The van der Waals surface area contributed by atoms with Crippen LogP contribution in [0, 0.1) is 12.7 Å². The summed E-state index contributed by atoms with van der Waals surface area (Å²) in [6.45, 7) is 1.65. The number of rotatable bonds is 5. The first-order valence-corrected chi connectivity index (χ1v) is 10.2. The highest BCUT2D eigenvalue weighted by Gasteiger charge is 2.14. The van der Waals surface area contributed by atoms with Crippen LogP contribution in [-0.4, -0.2) is 11.1 Å². The van der Waals surface area contributed by atoms with Gasteiger partial charge in [0.1, 0.15) is 18.2 Å². The van der Waals surface area contributed by atoms with Crippen LogP contribution in [0.3, 0.4) is 0 Å². The monoisotopic (exact) mass is 426 g/mol. The van der Waals surface area contributed by atoms with Gasteiger partial charge in [-0.1, -0.05) is 23.7 Å². The van der Waals surface area contributed by atoms with E-state index < -0.39 is 5.97 Å². The van der Waals surface area contributed by atoms with E-state index in [1.54, 1.807) is 54.7 Å². The van der Waals surface area contributed by atoms with Crippen LogP contribution in [-0.2, 0) is 6.61 Å².